The predicted octanol–water partition coefficient (Wildman–Crippen LogP) is 4.85. The second kappa shape index (κ2) is 10.8. The molecule has 0 fully saturated rings. The first-order chi connectivity index (χ1) is 17.5. The number of nitrogens with two attached hydrogens (primary N) is 1. The van der Waals surface area contributed by atoms with Gasteiger partial charge in [0.1, 0.15) is 11.4 Å². The Labute approximate surface area is 225 Å². The molecular formula is C26H27ClN4O4S2. The molecule has 2 aromatic carbocycles. The van der Waals surface area contributed by atoms with Crippen molar-refractivity contribution < 1.29 is 17.9 Å². The van der Waals surface area contributed by atoms with E-state index in [1.54, 1.807) is 51.4 Å². The summed E-state index contributed by atoms with van der Waals surface area (Å²) in [7, 11) is -0.582. The summed E-state index contributed by atoms with van der Waals surface area (Å²) in [6.07, 6.45) is 1.41. The first kappa shape index (κ1) is 27.0. The van der Waals surface area contributed by atoms with Gasteiger partial charge in [0, 0.05) is 30.2 Å². The summed E-state index contributed by atoms with van der Waals surface area (Å²) in [6, 6.07) is 15.8. The fourth-order valence-electron chi connectivity index (χ4n) is 3.91. The molecule has 0 aliphatic heterocycles. The maximum Gasteiger partial charge on any atom is 0.274 e. The van der Waals surface area contributed by atoms with Crippen LogP contribution in [0.15, 0.2) is 66.2 Å². The van der Waals surface area contributed by atoms with Crippen molar-refractivity contribution in [1.29, 1.82) is 0 Å². The van der Waals surface area contributed by atoms with E-state index in [1.165, 1.54) is 27.9 Å². The summed E-state index contributed by atoms with van der Waals surface area (Å²) >= 11 is 7.32. The smallest absolute Gasteiger partial charge is 0.274 e. The maximum absolute atomic E-state index is 13.2. The van der Waals surface area contributed by atoms with Crippen LogP contribution in [0.2, 0.25) is 5.02 Å². The Balaban J connectivity index is 1.53. The van der Waals surface area contributed by atoms with Crippen LogP contribution in [0.3, 0.4) is 0 Å². The SMILES string of the molecule is COc1ccc(CN(C)S(=O)(=O)CC(C)(N)c2csc3ccc(NC(=O)c4ccc(Cl)cn4)cc23)cc1. The zero-order valence-corrected chi connectivity index (χ0v) is 23.0. The molecule has 0 saturated carbocycles. The third-order valence-electron chi connectivity index (χ3n) is 5.93. The number of hydrogen-bond donors (Lipinski definition) is 2. The zero-order chi connectivity index (χ0) is 26.8. The molecule has 194 valence electrons. The summed E-state index contributed by atoms with van der Waals surface area (Å²) in [5.74, 6) is 0.0307. The number of hydrogen-bond acceptors (Lipinski definition) is 7. The van der Waals surface area contributed by atoms with Gasteiger partial charge >= 0.3 is 0 Å². The van der Waals surface area contributed by atoms with Gasteiger partial charge in [-0.3, -0.25) is 4.79 Å². The number of nitrogens with one attached hydrogen (secondary N) is 1. The number of methoxy groups -OCH3 is 1. The number of anilines is 1. The average Bonchev–Trinajstić information content (AvgIpc) is 3.28. The number of ether oxygens (including phenoxy) is 1. The number of sulfonamides is 1. The molecule has 1 atom stereocenters. The Hall–Kier alpha value is -3.02. The molecule has 2 aromatic heterocycles. The van der Waals surface area contributed by atoms with Crippen molar-refractivity contribution in [2.45, 2.75) is 19.0 Å². The Kier molecular flexibility index (Phi) is 7.86. The normalized spacial score (nSPS) is 13.5. The standard InChI is InChI=1S/C26H27ClN4O4S2/c1-26(28,16-37(33,34)31(2)14-17-4-8-20(35-3)9-5-17)22-15-36-24-11-7-19(12-21(22)24)30-25(32)23-10-6-18(27)13-29-23/h4-13,15H,14,16,28H2,1-3H3,(H,30,32). The molecule has 1 amide bonds. The fraction of sp³-hybridized carbons (Fsp3) is 0.231. The van der Waals surface area contributed by atoms with Crippen LogP contribution in [0.1, 0.15) is 28.5 Å². The minimum atomic E-state index is -3.70. The van der Waals surface area contributed by atoms with E-state index < -0.39 is 15.6 Å². The van der Waals surface area contributed by atoms with E-state index in [-0.39, 0.29) is 23.9 Å². The van der Waals surface area contributed by atoms with Gasteiger partial charge in [-0.25, -0.2) is 17.7 Å². The van der Waals surface area contributed by atoms with E-state index in [1.807, 2.05) is 23.6 Å². The predicted molar refractivity (Wildman–Crippen MR) is 149 cm³/mol. The molecule has 2 heterocycles. The molecule has 0 bridgehead atoms. The maximum atomic E-state index is 13.2. The molecule has 0 aliphatic rings. The molecule has 1 unspecified atom stereocenters. The third-order valence-corrected chi connectivity index (χ3v) is 9.16. The number of halogens is 1. The van der Waals surface area contributed by atoms with Gasteiger partial charge in [0.2, 0.25) is 10.0 Å². The van der Waals surface area contributed by atoms with Crippen LogP contribution in [-0.2, 0) is 22.1 Å². The van der Waals surface area contributed by atoms with E-state index >= 15 is 0 Å². The van der Waals surface area contributed by atoms with Crippen molar-refractivity contribution in [2.24, 2.45) is 5.73 Å². The van der Waals surface area contributed by atoms with Crippen molar-refractivity contribution in [3.05, 3.63) is 88.0 Å². The number of carbonyl (C=O) groups is 1. The van der Waals surface area contributed by atoms with E-state index in [9.17, 15) is 13.2 Å². The summed E-state index contributed by atoms with van der Waals surface area (Å²) in [6.45, 7) is 1.91. The molecule has 8 nitrogen and oxygen atoms in total. The van der Waals surface area contributed by atoms with E-state index in [4.69, 9.17) is 22.1 Å². The summed E-state index contributed by atoms with van der Waals surface area (Å²) in [5.41, 5.74) is 7.76. The van der Waals surface area contributed by atoms with E-state index in [0.717, 1.165) is 15.6 Å². The molecule has 11 heteroatoms. The van der Waals surface area contributed by atoms with Crippen LogP contribution in [0.25, 0.3) is 10.1 Å². The van der Waals surface area contributed by atoms with Gasteiger partial charge < -0.3 is 15.8 Å². The van der Waals surface area contributed by atoms with Crippen LogP contribution < -0.4 is 15.8 Å². The molecule has 4 aromatic rings. The fourth-order valence-corrected chi connectivity index (χ4v) is 6.58. The number of amides is 1. The van der Waals surface area contributed by atoms with Crippen LogP contribution >= 0.6 is 22.9 Å². The molecule has 0 saturated heterocycles. The Bertz CT molecular complexity index is 1520. The lowest BCUT2D eigenvalue weighted by Crippen LogP contribution is -2.44. The first-order valence-corrected chi connectivity index (χ1v) is 14.2. The second-order valence-electron chi connectivity index (χ2n) is 8.95. The van der Waals surface area contributed by atoms with Gasteiger partial charge in [-0.05, 0) is 71.3 Å². The van der Waals surface area contributed by atoms with E-state index in [0.29, 0.717) is 22.0 Å². The highest BCUT2D eigenvalue weighted by atomic mass is 35.5. The van der Waals surface area contributed by atoms with Crippen LogP contribution in [0.5, 0.6) is 5.75 Å². The Morgan fingerprint density at radius 3 is 2.57 bits per heavy atom. The van der Waals surface area contributed by atoms with Gasteiger partial charge in [-0.2, -0.15) is 0 Å². The monoisotopic (exact) mass is 558 g/mol. The van der Waals surface area contributed by atoms with Crippen molar-refractivity contribution in [3.63, 3.8) is 0 Å². The van der Waals surface area contributed by atoms with Gasteiger partial charge in [-0.15, -0.1) is 11.3 Å². The van der Waals surface area contributed by atoms with Crippen LogP contribution in [-0.4, -0.2) is 43.5 Å². The lowest BCUT2D eigenvalue weighted by atomic mass is 9.95. The lowest BCUT2D eigenvalue weighted by Gasteiger charge is -2.27. The lowest BCUT2D eigenvalue weighted by molar-refractivity contribution is 0.102. The largest absolute Gasteiger partial charge is 0.497 e. The van der Waals surface area contributed by atoms with E-state index in [2.05, 4.69) is 10.3 Å². The summed E-state index contributed by atoms with van der Waals surface area (Å²) in [4.78, 5) is 16.6. The van der Waals surface area contributed by atoms with Gasteiger partial charge in [0.25, 0.3) is 5.91 Å². The number of nitrogens with zero attached hydrogens (tertiary/aromatic N) is 2. The van der Waals surface area contributed by atoms with Crippen LogP contribution in [0, 0.1) is 0 Å². The van der Waals surface area contributed by atoms with Gasteiger partial charge in [0.05, 0.1) is 23.4 Å². The molecule has 37 heavy (non-hydrogen) atoms. The van der Waals surface area contributed by atoms with Gasteiger partial charge in [0.15, 0.2) is 0 Å². The number of pyridine rings is 1. The Morgan fingerprint density at radius 2 is 1.92 bits per heavy atom. The molecule has 0 radical (unpaired) electrons. The zero-order valence-electron chi connectivity index (χ0n) is 20.6. The van der Waals surface area contributed by atoms with Crippen molar-refractivity contribution in [1.82, 2.24) is 9.29 Å². The molecule has 0 aliphatic carbocycles. The minimum Gasteiger partial charge on any atom is -0.497 e. The highest BCUT2D eigenvalue weighted by Gasteiger charge is 2.33. The minimum absolute atomic E-state index is 0.210. The first-order valence-electron chi connectivity index (χ1n) is 11.3. The summed E-state index contributed by atoms with van der Waals surface area (Å²) in [5, 5.41) is 5.92. The van der Waals surface area contributed by atoms with Crippen molar-refractivity contribution in [3.8, 4) is 5.75 Å². The number of aromatic nitrogens is 1. The summed E-state index contributed by atoms with van der Waals surface area (Å²) < 4.78 is 33.9. The second-order valence-corrected chi connectivity index (χ2v) is 12.4. The Morgan fingerprint density at radius 1 is 1.19 bits per heavy atom. The van der Waals surface area contributed by atoms with Crippen molar-refractivity contribution in [2.75, 3.05) is 25.2 Å². The highest BCUT2D eigenvalue weighted by molar-refractivity contribution is 7.89. The number of carbonyl (C=O) groups excluding carboxylic acids is 1. The van der Waals surface area contributed by atoms with Gasteiger partial charge in [-0.1, -0.05) is 23.7 Å². The van der Waals surface area contributed by atoms with Crippen LogP contribution in [0.4, 0.5) is 5.69 Å². The topological polar surface area (TPSA) is 115 Å². The molecule has 0 spiro atoms. The highest BCUT2D eigenvalue weighted by Crippen LogP contribution is 2.35. The molecular weight excluding hydrogens is 532 g/mol. The molecule has 3 N–H and O–H groups in total. The third kappa shape index (κ3) is 6.28. The number of thiophene rings is 1. The molecule has 4 rings (SSSR count). The van der Waals surface area contributed by atoms with Crippen molar-refractivity contribution >= 4 is 54.6 Å². The number of fused-ring (bicyclic) bond motifs is 1. The number of benzene rings is 2. The quantitative estimate of drug-likeness (QED) is 0.303. The average molecular weight is 559 g/mol. The number of rotatable bonds is 9.